The summed E-state index contributed by atoms with van der Waals surface area (Å²) >= 11 is 0. The first kappa shape index (κ1) is 14.9. The zero-order chi connectivity index (χ0) is 13.2. The van der Waals surface area contributed by atoms with Crippen molar-refractivity contribution in [1.82, 2.24) is 0 Å². The van der Waals surface area contributed by atoms with E-state index in [1.54, 1.807) is 0 Å². The predicted molar refractivity (Wildman–Crippen MR) is 70.3 cm³/mol. The van der Waals surface area contributed by atoms with E-state index in [9.17, 15) is 0 Å². The van der Waals surface area contributed by atoms with Gasteiger partial charge in [0.2, 0.25) is 0 Å². The number of fused-ring (bicyclic) bond motifs is 1. The van der Waals surface area contributed by atoms with Crippen LogP contribution in [0.2, 0.25) is 0 Å². The SMILES string of the molecule is C1=C/CO[C@H]2CCCO[C@@H]2COCCOCCOC/1. The van der Waals surface area contributed by atoms with Crippen LogP contribution in [0.3, 0.4) is 0 Å². The van der Waals surface area contributed by atoms with E-state index in [1.807, 2.05) is 12.2 Å². The van der Waals surface area contributed by atoms with Gasteiger partial charge in [-0.1, -0.05) is 12.2 Å². The minimum atomic E-state index is 0.0449. The van der Waals surface area contributed by atoms with Crippen molar-refractivity contribution < 1.29 is 23.7 Å². The van der Waals surface area contributed by atoms with Gasteiger partial charge in [-0.05, 0) is 12.8 Å². The Hall–Kier alpha value is -0.460. The summed E-state index contributed by atoms with van der Waals surface area (Å²) in [6.45, 7) is 4.98. The molecular formula is C14H24O5. The third-order valence-corrected chi connectivity index (χ3v) is 3.19. The van der Waals surface area contributed by atoms with Crippen LogP contribution in [0.5, 0.6) is 0 Å². The molecule has 5 heteroatoms. The first-order chi connectivity index (χ1) is 9.47. The Morgan fingerprint density at radius 2 is 1.47 bits per heavy atom. The summed E-state index contributed by atoms with van der Waals surface area (Å²) in [7, 11) is 0. The Bertz CT molecular complexity index is 256. The van der Waals surface area contributed by atoms with Crippen molar-refractivity contribution in [2.24, 2.45) is 0 Å². The van der Waals surface area contributed by atoms with Crippen LogP contribution in [0, 0.1) is 0 Å². The monoisotopic (exact) mass is 272 g/mol. The number of ether oxygens (including phenoxy) is 5. The maximum Gasteiger partial charge on any atom is 0.107 e. The van der Waals surface area contributed by atoms with Gasteiger partial charge < -0.3 is 23.7 Å². The highest BCUT2D eigenvalue weighted by molar-refractivity contribution is 4.83. The van der Waals surface area contributed by atoms with Crippen molar-refractivity contribution in [2.75, 3.05) is 52.9 Å². The highest BCUT2D eigenvalue weighted by atomic mass is 16.6. The third-order valence-electron chi connectivity index (χ3n) is 3.19. The quantitative estimate of drug-likeness (QED) is 0.619. The smallest absolute Gasteiger partial charge is 0.107 e. The van der Waals surface area contributed by atoms with Crippen LogP contribution < -0.4 is 0 Å². The fourth-order valence-electron chi connectivity index (χ4n) is 2.16. The van der Waals surface area contributed by atoms with Crippen LogP contribution in [0.1, 0.15) is 12.8 Å². The minimum Gasteiger partial charge on any atom is -0.377 e. The summed E-state index contributed by atoms with van der Waals surface area (Å²) in [6, 6.07) is 0. The second-order valence-electron chi connectivity index (χ2n) is 4.66. The second kappa shape index (κ2) is 9.44. The summed E-state index contributed by atoms with van der Waals surface area (Å²) in [4.78, 5) is 0. The molecule has 2 rings (SSSR count). The van der Waals surface area contributed by atoms with Crippen LogP contribution in [0.25, 0.3) is 0 Å². The Balaban J connectivity index is 1.79. The normalized spacial score (nSPS) is 33.7. The maximum absolute atomic E-state index is 5.84. The van der Waals surface area contributed by atoms with Crippen LogP contribution in [-0.4, -0.2) is 65.1 Å². The summed E-state index contributed by atoms with van der Waals surface area (Å²) in [5.74, 6) is 0. The van der Waals surface area contributed by atoms with E-state index in [2.05, 4.69) is 0 Å². The molecule has 0 unspecified atom stereocenters. The average molecular weight is 272 g/mol. The average Bonchev–Trinajstić information content (AvgIpc) is 2.45. The lowest BCUT2D eigenvalue weighted by atomic mass is 10.1. The van der Waals surface area contributed by atoms with Crippen molar-refractivity contribution in [1.29, 1.82) is 0 Å². The van der Waals surface area contributed by atoms with Gasteiger partial charge in [-0.3, -0.25) is 0 Å². The largest absolute Gasteiger partial charge is 0.377 e. The topological polar surface area (TPSA) is 46.2 Å². The molecule has 0 aromatic heterocycles. The Morgan fingerprint density at radius 3 is 2.42 bits per heavy atom. The van der Waals surface area contributed by atoms with Crippen LogP contribution in [0.15, 0.2) is 12.2 Å². The fourth-order valence-corrected chi connectivity index (χ4v) is 2.16. The predicted octanol–water partition coefficient (Wildman–Crippen LogP) is 1.17. The standard InChI is InChI=1S/C14H24O5/c1-2-6-18-13-4-3-7-19-14(13)12-17-11-10-16-9-8-15-5-1/h1-2,13-14H,3-12H2/b2-1+/t13-,14+/m0/s1. The lowest BCUT2D eigenvalue weighted by molar-refractivity contribution is -0.129. The summed E-state index contributed by atoms with van der Waals surface area (Å²) < 4.78 is 27.9. The van der Waals surface area contributed by atoms with E-state index in [4.69, 9.17) is 23.7 Å². The highest BCUT2D eigenvalue weighted by Crippen LogP contribution is 2.17. The molecule has 2 heterocycles. The Labute approximate surface area is 114 Å². The molecule has 0 aliphatic carbocycles. The van der Waals surface area contributed by atoms with Gasteiger partial charge in [-0.2, -0.15) is 0 Å². The van der Waals surface area contributed by atoms with Crippen LogP contribution in [-0.2, 0) is 23.7 Å². The van der Waals surface area contributed by atoms with Gasteiger partial charge in [-0.25, -0.2) is 0 Å². The van der Waals surface area contributed by atoms with Gasteiger partial charge in [0.05, 0.1) is 52.4 Å². The molecule has 19 heavy (non-hydrogen) atoms. The molecule has 2 atom stereocenters. The summed E-state index contributed by atoms with van der Waals surface area (Å²) in [5, 5.41) is 0. The third kappa shape index (κ3) is 6.01. The first-order valence-electron chi connectivity index (χ1n) is 7.08. The van der Waals surface area contributed by atoms with Crippen molar-refractivity contribution in [3.63, 3.8) is 0 Å². The molecule has 0 radical (unpaired) electrons. The van der Waals surface area contributed by atoms with E-state index in [1.165, 1.54) is 0 Å². The van der Waals surface area contributed by atoms with E-state index in [0.29, 0.717) is 46.2 Å². The Morgan fingerprint density at radius 1 is 0.684 bits per heavy atom. The fraction of sp³-hybridized carbons (Fsp3) is 0.857. The van der Waals surface area contributed by atoms with Gasteiger partial charge in [0, 0.05) is 6.61 Å². The Kier molecular flexibility index (Phi) is 7.43. The van der Waals surface area contributed by atoms with E-state index in [0.717, 1.165) is 19.4 Å². The molecule has 0 aromatic rings. The molecule has 2 aliphatic rings. The molecule has 5 nitrogen and oxygen atoms in total. The lowest BCUT2D eigenvalue weighted by Gasteiger charge is -2.31. The van der Waals surface area contributed by atoms with Crippen molar-refractivity contribution in [2.45, 2.75) is 25.0 Å². The minimum absolute atomic E-state index is 0.0449. The van der Waals surface area contributed by atoms with Crippen LogP contribution >= 0.6 is 0 Å². The molecule has 0 N–H and O–H groups in total. The number of rotatable bonds is 0. The van der Waals surface area contributed by atoms with Crippen LogP contribution in [0.4, 0.5) is 0 Å². The van der Waals surface area contributed by atoms with E-state index >= 15 is 0 Å². The van der Waals surface area contributed by atoms with Crippen molar-refractivity contribution in [3.8, 4) is 0 Å². The van der Waals surface area contributed by atoms with Gasteiger partial charge in [0.1, 0.15) is 6.10 Å². The second-order valence-corrected chi connectivity index (χ2v) is 4.66. The molecule has 2 aliphatic heterocycles. The first-order valence-corrected chi connectivity index (χ1v) is 7.08. The van der Waals surface area contributed by atoms with Crippen molar-refractivity contribution >= 4 is 0 Å². The lowest BCUT2D eigenvalue weighted by Crippen LogP contribution is -2.39. The molecule has 110 valence electrons. The number of hydrogen-bond donors (Lipinski definition) is 0. The summed E-state index contributed by atoms with van der Waals surface area (Å²) in [6.07, 6.45) is 6.24. The molecule has 0 saturated carbocycles. The van der Waals surface area contributed by atoms with Crippen molar-refractivity contribution in [3.05, 3.63) is 12.2 Å². The van der Waals surface area contributed by atoms with E-state index in [-0.39, 0.29) is 12.2 Å². The zero-order valence-electron chi connectivity index (χ0n) is 11.4. The summed E-state index contributed by atoms with van der Waals surface area (Å²) in [5.41, 5.74) is 0. The van der Waals surface area contributed by atoms with Gasteiger partial charge in [0.15, 0.2) is 0 Å². The molecule has 1 saturated heterocycles. The number of hydrogen-bond acceptors (Lipinski definition) is 5. The molecule has 0 aromatic carbocycles. The highest BCUT2D eigenvalue weighted by Gasteiger charge is 2.26. The van der Waals surface area contributed by atoms with E-state index < -0.39 is 0 Å². The van der Waals surface area contributed by atoms with Gasteiger partial charge >= 0.3 is 0 Å². The molecule has 0 spiro atoms. The molecule has 0 bridgehead atoms. The molecular weight excluding hydrogens is 248 g/mol. The van der Waals surface area contributed by atoms with Gasteiger partial charge in [-0.15, -0.1) is 0 Å². The van der Waals surface area contributed by atoms with Gasteiger partial charge in [0.25, 0.3) is 0 Å². The maximum atomic E-state index is 5.84. The molecule has 1 fully saturated rings. The zero-order valence-corrected chi connectivity index (χ0v) is 11.4. The molecule has 0 amide bonds.